The van der Waals surface area contributed by atoms with E-state index in [1.165, 1.54) is 10.9 Å². The van der Waals surface area contributed by atoms with Gasteiger partial charge in [-0.2, -0.15) is 9.97 Å². The third kappa shape index (κ3) is 6.10. The van der Waals surface area contributed by atoms with Crippen LogP contribution < -0.4 is 4.90 Å². The number of terminal acetylenes is 1. The van der Waals surface area contributed by atoms with E-state index in [9.17, 15) is 35.1 Å². The number of rotatable bonds is 14. The molecule has 0 saturated carbocycles. The van der Waals surface area contributed by atoms with E-state index in [1.54, 1.807) is 35.2 Å². The minimum Gasteiger partial charge on any atom is -0.479 e. The van der Waals surface area contributed by atoms with Gasteiger partial charge in [-0.25, -0.2) is 14.6 Å². The van der Waals surface area contributed by atoms with E-state index in [0.29, 0.717) is 17.9 Å². The number of ether oxygens (including phenoxy) is 2. The van der Waals surface area contributed by atoms with Crippen molar-refractivity contribution >= 4 is 40.5 Å². The highest BCUT2D eigenvalue weighted by Crippen LogP contribution is 2.33. The monoisotopic (exact) mass is 589 g/mol. The van der Waals surface area contributed by atoms with Gasteiger partial charge >= 0.3 is 11.9 Å². The van der Waals surface area contributed by atoms with Crippen LogP contribution in [0.3, 0.4) is 0 Å². The van der Waals surface area contributed by atoms with Crippen LogP contribution in [-0.2, 0) is 25.5 Å². The number of carbonyl (C=O) groups is 2. The first-order chi connectivity index (χ1) is 19.6. The summed E-state index contributed by atoms with van der Waals surface area (Å²) in [4.78, 5) is 38.8. The Morgan fingerprint density at radius 3 is 2.46 bits per heavy atom. The van der Waals surface area contributed by atoms with Gasteiger partial charge in [0.2, 0.25) is 5.28 Å². The molecule has 0 radical (unpaired) electrons. The third-order valence-corrected chi connectivity index (χ3v) is 6.92. The Balaban J connectivity index is 1.62. The largest absolute Gasteiger partial charge is 0.479 e. The Bertz CT molecular complexity index is 1410. The van der Waals surface area contributed by atoms with Crippen LogP contribution in [-0.4, -0.2) is 107 Å². The number of aliphatic hydroxyl groups excluding tert-OH is 3. The number of aliphatic carboxylic acids is 2. The highest BCUT2D eigenvalue weighted by atomic mass is 35.5. The van der Waals surface area contributed by atoms with Gasteiger partial charge in [-0.05, 0) is 23.6 Å². The van der Waals surface area contributed by atoms with Gasteiger partial charge in [-0.15, -0.1) is 6.42 Å². The van der Waals surface area contributed by atoms with Crippen LogP contribution in [0, 0.1) is 12.3 Å². The fourth-order valence-electron chi connectivity index (χ4n) is 4.41. The summed E-state index contributed by atoms with van der Waals surface area (Å²) in [5, 5.41) is 49.8. The number of hydrogen-bond acceptors (Lipinski definition) is 11. The van der Waals surface area contributed by atoms with E-state index in [0.717, 1.165) is 6.42 Å². The van der Waals surface area contributed by atoms with Crippen molar-refractivity contribution in [2.24, 2.45) is 0 Å². The van der Waals surface area contributed by atoms with Gasteiger partial charge in [0.15, 0.2) is 29.3 Å². The van der Waals surface area contributed by atoms with Crippen LogP contribution >= 0.6 is 11.6 Å². The molecule has 218 valence electrons. The molecular formula is C26H28ClN5O9. The Morgan fingerprint density at radius 2 is 1.90 bits per heavy atom. The lowest BCUT2D eigenvalue weighted by Crippen LogP contribution is -2.52. The molecule has 15 heteroatoms. The van der Waals surface area contributed by atoms with Crippen LogP contribution in [0.2, 0.25) is 5.28 Å². The van der Waals surface area contributed by atoms with Crippen LogP contribution in [0.15, 0.2) is 36.7 Å². The van der Waals surface area contributed by atoms with Crippen LogP contribution in [0.25, 0.3) is 11.2 Å². The summed E-state index contributed by atoms with van der Waals surface area (Å²) in [6.07, 6.45) is 2.55. The average molecular weight is 590 g/mol. The smallest absolute Gasteiger partial charge is 0.348 e. The lowest BCUT2D eigenvalue weighted by Gasteiger charge is -2.40. The van der Waals surface area contributed by atoms with Crippen LogP contribution in [0.1, 0.15) is 18.2 Å². The van der Waals surface area contributed by atoms with Gasteiger partial charge in [0, 0.05) is 13.0 Å². The summed E-state index contributed by atoms with van der Waals surface area (Å²) in [6.45, 7) is -0.972. The molecule has 4 atom stereocenters. The number of aromatic nitrogens is 4. The van der Waals surface area contributed by atoms with Crippen molar-refractivity contribution in [1.82, 2.24) is 19.5 Å². The van der Waals surface area contributed by atoms with Gasteiger partial charge in [-0.3, -0.25) is 4.57 Å². The molecule has 1 unspecified atom stereocenters. The molecule has 4 rings (SSSR count). The van der Waals surface area contributed by atoms with Crippen LogP contribution in [0.5, 0.6) is 0 Å². The number of carboxylic acid groups (broad SMARTS) is 2. The quantitative estimate of drug-likeness (QED) is 0.0962. The molecule has 0 spiro atoms. The molecule has 1 saturated heterocycles. The molecule has 0 bridgehead atoms. The molecule has 3 heterocycles. The van der Waals surface area contributed by atoms with Crippen molar-refractivity contribution < 1.29 is 44.6 Å². The van der Waals surface area contributed by atoms with Gasteiger partial charge in [0.05, 0.1) is 32.2 Å². The first-order valence-corrected chi connectivity index (χ1v) is 12.9. The Kier molecular flexibility index (Phi) is 9.38. The van der Waals surface area contributed by atoms with Gasteiger partial charge in [0.25, 0.3) is 5.60 Å². The number of fused-ring (bicyclic) bond motifs is 1. The predicted octanol–water partition coefficient (Wildman–Crippen LogP) is 0.0882. The number of aliphatic hydroxyl groups is 3. The summed E-state index contributed by atoms with van der Waals surface area (Å²) in [7, 11) is 0. The molecule has 1 fully saturated rings. The second-order valence-electron chi connectivity index (χ2n) is 9.31. The number of benzene rings is 1. The van der Waals surface area contributed by atoms with Gasteiger partial charge < -0.3 is 39.9 Å². The number of carboxylic acids is 2. The topological polar surface area (TPSA) is 201 Å². The van der Waals surface area contributed by atoms with E-state index in [2.05, 4.69) is 20.9 Å². The molecule has 3 aromatic rings. The number of nitrogens with zero attached hydrogens (tertiary/aromatic N) is 5. The first-order valence-electron chi connectivity index (χ1n) is 12.5. The zero-order chi connectivity index (χ0) is 29.7. The average Bonchev–Trinajstić information content (AvgIpc) is 3.35. The van der Waals surface area contributed by atoms with Crippen molar-refractivity contribution in [3.8, 4) is 12.3 Å². The third-order valence-electron chi connectivity index (χ3n) is 6.76. The lowest BCUT2D eigenvalue weighted by atomic mass is 9.94. The zero-order valence-electron chi connectivity index (χ0n) is 21.6. The van der Waals surface area contributed by atoms with Crippen molar-refractivity contribution in [3.63, 3.8) is 0 Å². The van der Waals surface area contributed by atoms with E-state index < -0.39 is 55.6 Å². The van der Waals surface area contributed by atoms with Crippen molar-refractivity contribution in [2.45, 2.75) is 42.9 Å². The fraction of sp³-hybridized carbons (Fsp3) is 0.423. The number of hydrogen-bond donors (Lipinski definition) is 5. The second kappa shape index (κ2) is 12.8. The van der Waals surface area contributed by atoms with E-state index in [4.69, 9.17) is 27.5 Å². The molecular weight excluding hydrogens is 562 g/mol. The summed E-state index contributed by atoms with van der Waals surface area (Å²) >= 11 is 6.18. The molecule has 0 aliphatic carbocycles. The molecule has 1 aromatic carbocycles. The maximum absolute atomic E-state index is 12.1. The minimum atomic E-state index is -2.70. The highest BCUT2D eigenvalue weighted by molar-refractivity contribution is 6.28. The second-order valence-corrected chi connectivity index (χ2v) is 9.65. The van der Waals surface area contributed by atoms with Crippen molar-refractivity contribution in [2.75, 3.05) is 31.3 Å². The van der Waals surface area contributed by atoms with Gasteiger partial charge in [-0.1, -0.05) is 36.3 Å². The molecule has 14 nitrogen and oxygen atoms in total. The van der Waals surface area contributed by atoms with E-state index in [1.807, 2.05) is 0 Å². The number of imidazole rings is 1. The molecule has 1 aliphatic heterocycles. The highest BCUT2D eigenvalue weighted by Gasteiger charge is 2.49. The molecule has 41 heavy (non-hydrogen) atoms. The van der Waals surface area contributed by atoms with Crippen molar-refractivity contribution in [1.29, 1.82) is 0 Å². The van der Waals surface area contributed by atoms with Crippen molar-refractivity contribution in [3.05, 3.63) is 47.5 Å². The maximum atomic E-state index is 12.1. The van der Waals surface area contributed by atoms with E-state index in [-0.39, 0.29) is 29.1 Å². The van der Waals surface area contributed by atoms with Gasteiger partial charge in [0.1, 0.15) is 6.10 Å². The lowest BCUT2D eigenvalue weighted by molar-refractivity contribution is -0.195. The maximum Gasteiger partial charge on any atom is 0.348 e. The minimum absolute atomic E-state index is 0.109. The normalized spacial score (nSPS) is 17.4. The Hall–Kier alpha value is -3.84. The Labute approximate surface area is 238 Å². The van der Waals surface area contributed by atoms with E-state index >= 15 is 0 Å². The molecule has 2 aromatic heterocycles. The van der Waals surface area contributed by atoms with Crippen LogP contribution in [0.4, 0.5) is 5.82 Å². The summed E-state index contributed by atoms with van der Waals surface area (Å²) < 4.78 is 12.5. The predicted molar refractivity (Wildman–Crippen MR) is 143 cm³/mol. The zero-order valence-corrected chi connectivity index (χ0v) is 22.3. The molecule has 5 N–H and O–H groups in total. The Morgan fingerprint density at radius 1 is 1.20 bits per heavy atom. The summed E-state index contributed by atoms with van der Waals surface area (Å²) in [5.41, 5.74) is -1.91. The summed E-state index contributed by atoms with van der Waals surface area (Å²) in [6, 6.07) is 7.86. The fourth-order valence-corrected chi connectivity index (χ4v) is 4.57. The first kappa shape index (κ1) is 30.1. The number of anilines is 1. The molecule has 1 aliphatic rings. The standard InChI is InChI=1S/C26H28ClN5O9/c1-2-18(35)22(32-14-28-19-20(29-25(27)30-21(19)32)31-9-8-16(31)11-33)41-17(12-34)13-40-26(23(36)37,24(38)39)10-15-6-4-3-5-7-15/h1,3-7,14,16-18,22,33-35H,8-13H2,(H,36,37)(H,38,39)/t16?,17-,18+,22+/m0/s1. The number of halogens is 1. The SMILES string of the molecule is C#C[C@@H](O)[C@@H](O[C@@H](CO)COC(Cc1ccccc1)(C(=O)O)C(=O)O)n1cnc2c(N3CCC3CO)nc(Cl)nc21. The molecule has 0 amide bonds. The summed E-state index contributed by atoms with van der Waals surface area (Å²) in [5.74, 6) is -1.02.